The van der Waals surface area contributed by atoms with Crippen LogP contribution in [0.1, 0.15) is 26.3 Å². The highest BCUT2D eigenvalue weighted by Gasteiger charge is 2.34. The molecule has 0 unspecified atom stereocenters. The molecule has 5 aromatic rings. The largest absolute Gasteiger partial charge is 0.478 e. The fourth-order valence-electron chi connectivity index (χ4n) is 4.09. The molecule has 0 aliphatic rings. The molecular weight excluding hydrogens is 556 g/mol. The van der Waals surface area contributed by atoms with E-state index in [9.17, 15) is 23.1 Å². The van der Waals surface area contributed by atoms with E-state index in [4.69, 9.17) is 0 Å². The Kier molecular flexibility index (Phi) is 7.11. The molecule has 0 spiro atoms. The van der Waals surface area contributed by atoms with Crippen molar-refractivity contribution in [3.8, 4) is 0 Å². The zero-order chi connectivity index (χ0) is 25.4. The molecule has 0 bridgehead atoms. The number of para-hydroxylation sites is 2. The van der Waals surface area contributed by atoms with E-state index in [0.717, 1.165) is 9.87 Å². The number of hydrogen-bond acceptors (Lipinski definition) is 5. The van der Waals surface area contributed by atoms with E-state index in [1.165, 1.54) is 36.4 Å². The van der Waals surface area contributed by atoms with Crippen LogP contribution in [-0.2, 0) is 10.0 Å². The van der Waals surface area contributed by atoms with Gasteiger partial charge in [0.15, 0.2) is 0 Å². The minimum atomic E-state index is -4.37. The summed E-state index contributed by atoms with van der Waals surface area (Å²) in [6.07, 6.45) is 0. The van der Waals surface area contributed by atoms with Crippen molar-refractivity contribution >= 4 is 66.4 Å². The Morgan fingerprint density at radius 3 is 1.78 bits per heavy atom. The molecule has 1 N–H and O–H groups in total. The van der Waals surface area contributed by atoms with Gasteiger partial charge in [0, 0.05) is 10.8 Å². The number of nitrogens with zero attached hydrogens (tertiary/aromatic N) is 2. The van der Waals surface area contributed by atoms with Gasteiger partial charge in [-0.25, -0.2) is 18.2 Å². The quantitative estimate of drug-likeness (QED) is 0.257. The highest BCUT2D eigenvalue weighted by Crippen LogP contribution is 2.32. The average Bonchev–Trinajstić information content (AvgIpc) is 2.87. The zero-order valence-corrected chi connectivity index (χ0v) is 22.1. The van der Waals surface area contributed by atoms with Gasteiger partial charge in [-0.3, -0.25) is 4.79 Å². The number of carboxylic acid groups (broad SMARTS) is 1. The number of sulfonamides is 1. The van der Waals surface area contributed by atoms with Crippen molar-refractivity contribution < 1.29 is 23.1 Å². The van der Waals surface area contributed by atoms with Gasteiger partial charge in [0.1, 0.15) is 0 Å². The number of anilines is 1. The molecule has 0 fully saturated rings. The molecule has 186 valence electrons. The van der Waals surface area contributed by atoms with Gasteiger partial charge in [-0.1, -0.05) is 54.1 Å². The third-order valence-electron chi connectivity index (χ3n) is 5.89. The summed E-state index contributed by atoms with van der Waals surface area (Å²) in [4.78, 5) is 30.2. The van der Waals surface area contributed by atoms with Crippen molar-refractivity contribution in [2.24, 2.45) is 0 Å². The maximum Gasteiger partial charge on any atom is 0.335 e. The Bertz CT molecular complexity index is 1700. The van der Waals surface area contributed by atoms with Crippen LogP contribution < -0.4 is 4.31 Å². The molecule has 1 heterocycles. The number of fused-ring (bicyclic) bond motifs is 2. The van der Waals surface area contributed by atoms with E-state index in [0.29, 0.717) is 21.8 Å². The zero-order valence-electron chi connectivity index (χ0n) is 19.5. The Morgan fingerprint density at radius 2 is 1.27 bits per heavy atom. The predicted octanol–water partition coefficient (Wildman–Crippen LogP) is 6.01. The minimum Gasteiger partial charge on any atom is -0.478 e. The van der Waals surface area contributed by atoms with Crippen molar-refractivity contribution in [2.45, 2.75) is 11.8 Å². The number of carboxylic acids is 1. The number of benzene rings is 4. The maximum absolute atomic E-state index is 14.3. The summed E-state index contributed by atoms with van der Waals surface area (Å²) < 4.78 is 28.6. The van der Waals surface area contributed by atoms with Crippen LogP contribution in [0.25, 0.3) is 21.8 Å². The second-order valence-corrected chi connectivity index (χ2v) is 10.0. The third-order valence-corrected chi connectivity index (χ3v) is 7.62. The van der Waals surface area contributed by atoms with Crippen molar-refractivity contribution in [1.29, 1.82) is 0 Å². The Morgan fingerprint density at radius 1 is 0.757 bits per heavy atom. The number of rotatable bonds is 5. The predicted molar refractivity (Wildman–Crippen MR) is 148 cm³/mol. The fourth-order valence-corrected chi connectivity index (χ4v) is 5.49. The molecule has 0 aliphatic carbocycles. The van der Waals surface area contributed by atoms with Crippen LogP contribution in [0.5, 0.6) is 0 Å². The number of amides is 1. The number of halogens is 1. The molecule has 1 aromatic heterocycles. The van der Waals surface area contributed by atoms with Crippen LogP contribution in [0.15, 0.2) is 102 Å². The Labute approximate surface area is 223 Å². The highest BCUT2D eigenvalue weighted by atomic mass is 79.9. The molecule has 37 heavy (non-hydrogen) atoms. The van der Waals surface area contributed by atoms with Gasteiger partial charge in [-0.15, -0.1) is 17.0 Å². The van der Waals surface area contributed by atoms with E-state index < -0.39 is 21.9 Å². The lowest BCUT2D eigenvalue weighted by molar-refractivity contribution is 0.0696. The molecular formula is C28H21BrN2O5S. The number of carbonyl (C=O) groups is 2. The number of pyridine rings is 1. The molecule has 4 aromatic carbocycles. The molecule has 9 heteroatoms. The molecule has 0 atom stereocenters. The number of aryl methyl sites for hydroxylation is 1. The van der Waals surface area contributed by atoms with Crippen molar-refractivity contribution in [3.63, 3.8) is 0 Å². The molecule has 0 saturated carbocycles. The fraction of sp³-hybridized carbons (Fsp3) is 0.0357. The molecule has 0 aliphatic heterocycles. The first-order chi connectivity index (χ1) is 17.3. The van der Waals surface area contributed by atoms with Crippen LogP contribution in [0.4, 0.5) is 5.69 Å². The first-order valence-corrected chi connectivity index (χ1v) is 12.5. The van der Waals surface area contributed by atoms with E-state index >= 15 is 0 Å². The van der Waals surface area contributed by atoms with Crippen molar-refractivity contribution in [1.82, 2.24) is 4.98 Å². The van der Waals surface area contributed by atoms with E-state index in [-0.39, 0.29) is 38.7 Å². The second-order valence-electron chi connectivity index (χ2n) is 8.26. The summed E-state index contributed by atoms with van der Waals surface area (Å²) >= 11 is 0. The van der Waals surface area contributed by atoms with Crippen LogP contribution in [-0.4, -0.2) is 30.4 Å². The summed E-state index contributed by atoms with van der Waals surface area (Å²) in [5, 5.41) is 10.3. The van der Waals surface area contributed by atoms with Gasteiger partial charge >= 0.3 is 5.97 Å². The number of aromatic carboxylic acids is 1. The molecule has 7 nitrogen and oxygen atoms in total. The van der Waals surface area contributed by atoms with Gasteiger partial charge in [0.2, 0.25) is 0 Å². The summed E-state index contributed by atoms with van der Waals surface area (Å²) in [6, 6.07) is 25.5. The smallest absolute Gasteiger partial charge is 0.335 e. The number of carbonyl (C=O) groups excluding carboxylic acids is 1. The summed E-state index contributed by atoms with van der Waals surface area (Å²) in [7, 11) is -4.37. The van der Waals surface area contributed by atoms with Gasteiger partial charge in [0.05, 0.1) is 32.7 Å². The standard InChI is InChI=1S/C28H20N2O5S.BrH/c1-18-10-16-21(17-11-18)36(34,35)30(20-14-12-19(13-15-20)28(32)33)27(31)26-22-6-2-4-8-24(22)29-25-9-5-3-7-23(25)26;/h2-17H,1H3,(H,32,33);1H. The Hall–Kier alpha value is -4.08. The van der Waals surface area contributed by atoms with Crippen molar-refractivity contribution in [2.75, 3.05) is 4.31 Å². The summed E-state index contributed by atoms with van der Waals surface area (Å²) in [5.74, 6) is -1.93. The first-order valence-electron chi connectivity index (χ1n) is 11.0. The molecule has 1 amide bonds. The summed E-state index contributed by atoms with van der Waals surface area (Å²) in [5.41, 5.74) is 2.15. The van der Waals surface area contributed by atoms with Crippen molar-refractivity contribution in [3.05, 3.63) is 114 Å². The number of hydrogen-bond donors (Lipinski definition) is 1. The molecule has 5 rings (SSSR count). The van der Waals surface area contributed by atoms with Gasteiger partial charge < -0.3 is 5.11 Å². The topological polar surface area (TPSA) is 105 Å². The normalized spacial score (nSPS) is 11.2. The van der Waals surface area contributed by atoms with Crippen LogP contribution in [0.2, 0.25) is 0 Å². The van der Waals surface area contributed by atoms with E-state index in [1.807, 2.05) is 6.92 Å². The Balaban J connectivity index is 0.00000320. The molecule has 0 radical (unpaired) electrons. The lowest BCUT2D eigenvalue weighted by Gasteiger charge is -2.24. The van der Waals surface area contributed by atoms with Crippen LogP contribution >= 0.6 is 17.0 Å². The summed E-state index contributed by atoms with van der Waals surface area (Å²) in [6.45, 7) is 1.83. The third kappa shape index (κ3) is 4.71. The van der Waals surface area contributed by atoms with Gasteiger partial charge in [0.25, 0.3) is 15.9 Å². The first kappa shape index (κ1) is 26.0. The monoisotopic (exact) mass is 576 g/mol. The van der Waals surface area contributed by atoms with E-state index in [1.54, 1.807) is 60.7 Å². The van der Waals surface area contributed by atoms with Crippen LogP contribution in [0.3, 0.4) is 0 Å². The lowest BCUT2D eigenvalue weighted by atomic mass is 10.0. The number of aromatic nitrogens is 1. The van der Waals surface area contributed by atoms with E-state index in [2.05, 4.69) is 4.98 Å². The lowest BCUT2D eigenvalue weighted by Crippen LogP contribution is -2.37. The van der Waals surface area contributed by atoms with Gasteiger partial charge in [-0.05, 0) is 55.5 Å². The SMILES string of the molecule is Br.Cc1ccc(S(=O)(=O)N(C(=O)c2c3ccccc3nc3ccccc23)c2ccc(C(=O)O)cc2)cc1. The minimum absolute atomic E-state index is 0. The second kappa shape index (κ2) is 10.1. The van der Waals surface area contributed by atoms with Gasteiger partial charge in [-0.2, -0.15) is 4.31 Å². The average molecular weight is 577 g/mol. The van der Waals surface area contributed by atoms with Crippen LogP contribution in [0, 0.1) is 6.92 Å². The highest BCUT2D eigenvalue weighted by molar-refractivity contribution is 8.93. The maximum atomic E-state index is 14.3. The molecule has 0 saturated heterocycles.